The standard InChI is InChI=1S/C28H21N3O3S2/c1-33-24-14-11-19(27-29-21-9-5-6-10-25(21)36-27)17-22(24)30-28(35)31-26(32)16-13-20-12-15-23(34-20)18-7-3-2-4-8-18/h2-17H,1H3,(H2,30,31,32,35)/b16-13+. The van der Waals surface area contributed by atoms with Crippen molar-refractivity contribution in [1.29, 1.82) is 0 Å². The first-order chi connectivity index (χ1) is 17.6. The minimum atomic E-state index is -0.383. The number of nitrogens with one attached hydrogen (secondary N) is 2. The van der Waals surface area contributed by atoms with E-state index < -0.39 is 0 Å². The van der Waals surface area contributed by atoms with Gasteiger partial charge in [0.2, 0.25) is 5.91 Å². The van der Waals surface area contributed by atoms with Crippen LogP contribution in [0, 0.1) is 0 Å². The molecule has 0 atom stereocenters. The molecule has 2 N–H and O–H groups in total. The van der Waals surface area contributed by atoms with Crippen molar-refractivity contribution in [3.8, 4) is 27.6 Å². The summed E-state index contributed by atoms with van der Waals surface area (Å²) < 4.78 is 12.4. The molecule has 0 spiro atoms. The molecular formula is C28H21N3O3S2. The number of fused-ring (bicyclic) bond motifs is 1. The van der Waals surface area contributed by atoms with Crippen molar-refractivity contribution < 1.29 is 13.9 Å². The van der Waals surface area contributed by atoms with Crippen LogP contribution in [0.3, 0.4) is 0 Å². The van der Waals surface area contributed by atoms with Gasteiger partial charge < -0.3 is 14.5 Å². The van der Waals surface area contributed by atoms with Crippen LogP contribution < -0.4 is 15.4 Å². The SMILES string of the molecule is COc1ccc(-c2nc3ccccc3s2)cc1NC(=S)NC(=O)/C=C/c1ccc(-c2ccccc2)o1. The van der Waals surface area contributed by atoms with Gasteiger partial charge in [-0.15, -0.1) is 11.3 Å². The van der Waals surface area contributed by atoms with Crippen LogP contribution in [0.5, 0.6) is 5.75 Å². The van der Waals surface area contributed by atoms with Crippen molar-refractivity contribution in [1.82, 2.24) is 10.3 Å². The number of rotatable bonds is 6. The number of thiocarbonyl (C=S) groups is 1. The summed E-state index contributed by atoms with van der Waals surface area (Å²) in [6.07, 6.45) is 2.97. The third-order valence-electron chi connectivity index (χ3n) is 5.31. The van der Waals surface area contributed by atoms with E-state index in [0.717, 1.165) is 32.1 Å². The third kappa shape index (κ3) is 5.35. The molecule has 2 aromatic heterocycles. The normalized spacial score (nSPS) is 11.0. The number of carbonyl (C=O) groups is 1. The Morgan fingerprint density at radius 3 is 2.61 bits per heavy atom. The predicted octanol–water partition coefficient (Wildman–Crippen LogP) is 6.76. The van der Waals surface area contributed by atoms with Crippen LogP contribution in [0.15, 0.2) is 95.4 Å². The Balaban J connectivity index is 1.25. The molecule has 0 aliphatic rings. The topological polar surface area (TPSA) is 76.4 Å². The lowest BCUT2D eigenvalue weighted by Crippen LogP contribution is -2.32. The first-order valence-electron chi connectivity index (χ1n) is 11.1. The highest BCUT2D eigenvalue weighted by molar-refractivity contribution is 7.80. The van der Waals surface area contributed by atoms with Gasteiger partial charge in [0.25, 0.3) is 0 Å². The first kappa shape index (κ1) is 23.5. The molecule has 0 fully saturated rings. The van der Waals surface area contributed by atoms with Crippen LogP contribution in [0.25, 0.3) is 38.2 Å². The second-order valence-corrected chi connectivity index (χ2v) is 9.19. The van der Waals surface area contributed by atoms with E-state index in [-0.39, 0.29) is 11.0 Å². The maximum absolute atomic E-state index is 12.4. The molecule has 1 amide bonds. The lowest BCUT2D eigenvalue weighted by atomic mass is 10.2. The number of nitrogens with zero attached hydrogens (tertiary/aromatic N) is 1. The zero-order valence-electron chi connectivity index (χ0n) is 19.2. The average molecular weight is 512 g/mol. The van der Waals surface area contributed by atoms with Crippen molar-refractivity contribution in [2.45, 2.75) is 0 Å². The highest BCUT2D eigenvalue weighted by Gasteiger charge is 2.12. The number of hydrogen-bond acceptors (Lipinski definition) is 6. The number of para-hydroxylation sites is 1. The predicted molar refractivity (Wildman–Crippen MR) is 149 cm³/mol. The molecule has 0 aliphatic heterocycles. The summed E-state index contributed by atoms with van der Waals surface area (Å²) in [5, 5.41) is 6.74. The molecule has 0 radical (unpaired) electrons. The van der Waals surface area contributed by atoms with Crippen LogP contribution in [0.4, 0.5) is 5.69 Å². The lowest BCUT2D eigenvalue weighted by Gasteiger charge is -2.13. The fraction of sp³-hybridized carbons (Fsp3) is 0.0357. The van der Waals surface area contributed by atoms with Gasteiger partial charge in [0.05, 0.1) is 23.0 Å². The number of anilines is 1. The van der Waals surface area contributed by atoms with E-state index >= 15 is 0 Å². The van der Waals surface area contributed by atoms with Crippen LogP contribution >= 0.6 is 23.6 Å². The van der Waals surface area contributed by atoms with Crippen LogP contribution in [0.2, 0.25) is 0 Å². The molecule has 8 heteroatoms. The third-order valence-corrected chi connectivity index (χ3v) is 6.60. The number of carbonyl (C=O) groups excluding carboxylic acids is 1. The molecule has 178 valence electrons. The number of ether oxygens (including phenoxy) is 1. The van der Waals surface area contributed by atoms with Gasteiger partial charge in [-0.05, 0) is 60.8 Å². The van der Waals surface area contributed by atoms with E-state index in [1.165, 1.54) is 6.08 Å². The highest BCUT2D eigenvalue weighted by Crippen LogP contribution is 2.34. The Labute approximate surface area is 217 Å². The molecular weight excluding hydrogens is 490 g/mol. The number of hydrogen-bond donors (Lipinski definition) is 2. The van der Waals surface area contributed by atoms with Gasteiger partial charge >= 0.3 is 0 Å². The molecule has 36 heavy (non-hydrogen) atoms. The minimum Gasteiger partial charge on any atom is -0.495 e. The Kier molecular flexibility index (Phi) is 6.88. The molecule has 0 aliphatic carbocycles. The Morgan fingerprint density at radius 2 is 1.81 bits per heavy atom. The summed E-state index contributed by atoms with van der Waals surface area (Å²) in [5.41, 5.74) is 3.46. The summed E-state index contributed by atoms with van der Waals surface area (Å²) >= 11 is 6.97. The van der Waals surface area contributed by atoms with E-state index in [0.29, 0.717) is 17.2 Å². The minimum absolute atomic E-state index is 0.147. The highest BCUT2D eigenvalue weighted by atomic mass is 32.1. The number of thiazole rings is 1. The van der Waals surface area contributed by atoms with Crippen molar-refractivity contribution in [2.24, 2.45) is 0 Å². The Hall–Kier alpha value is -4.27. The summed E-state index contributed by atoms with van der Waals surface area (Å²) in [4.78, 5) is 17.1. The quantitative estimate of drug-likeness (QED) is 0.194. The van der Waals surface area contributed by atoms with Crippen LogP contribution in [0.1, 0.15) is 5.76 Å². The maximum atomic E-state index is 12.4. The smallest absolute Gasteiger partial charge is 0.250 e. The first-order valence-corrected chi connectivity index (χ1v) is 12.3. The molecule has 6 nitrogen and oxygen atoms in total. The van der Waals surface area contributed by atoms with Crippen LogP contribution in [-0.2, 0) is 4.79 Å². The Bertz CT molecular complexity index is 1540. The van der Waals surface area contributed by atoms with Crippen molar-refractivity contribution >= 4 is 56.6 Å². The summed E-state index contributed by atoms with van der Waals surface area (Å²) in [7, 11) is 1.58. The Morgan fingerprint density at radius 1 is 1.00 bits per heavy atom. The number of amides is 1. The van der Waals surface area contributed by atoms with E-state index in [2.05, 4.69) is 10.6 Å². The molecule has 0 saturated heterocycles. The maximum Gasteiger partial charge on any atom is 0.250 e. The van der Waals surface area contributed by atoms with Gasteiger partial charge in [0, 0.05) is 17.2 Å². The van der Waals surface area contributed by atoms with E-state index in [9.17, 15) is 4.79 Å². The average Bonchev–Trinajstić information content (AvgIpc) is 3.55. The van der Waals surface area contributed by atoms with Gasteiger partial charge in [-0.3, -0.25) is 10.1 Å². The zero-order chi connectivity index (χ0) is 24.9. The monoisotopic (exact) mass is 511 g/mol. The molecule has 2 heterocycles. The molecule has 0 unspecified atom stereocenters. The molecule has 0 saturated carbocycles. The van der Waals surface area contributed by atoms with E-state index in [1.54, 1.807) is 30.6 Å². The van der Waals surface area contributed by atoms with Gasteiger partial charge in [-0.1, -0.05) is 42.5 Å². The second-order valence-electron chi connectivity index (χ2n) is 7.75. The van der Waals surface area contributed by atoms with Gasteiger partial charge in [-0.25, -0.2) is 4.98 Å². The molecule has 3 aromatic carbocycles. The number of aromatic nitrogens is 1. The fourth-order valence-electron chi connectivity index (χ4n) is 3.60. The van der Waals surface area contributed by atoms with Crippen molar-refractivity contribution in [3.63, 3.8) is 0 Å². The van der Waals surface area contributed by atoms with E-state index in [4.69, 9.17) is 26.4 Å². The van der Waals surface area contributed by atoms with Gasteiger partial charge in [0.15, 0.2) is 5.11 Å². The molecule has 5 rings (SSSR count). The molecule has 0 bridgehead atoms. The number of methoxy groups -OCH3 is 1. The van der Waals surface area contributed by atoms with Crippen LogP contribution in [-0.4, -0.2) is 23.1 Å². The lowest BCUT2D eigenvalue weighted by molar-refractivity contribution is -0.115. The van der Waals surface area contributed by atoms with Gasteiger partial charge in [0.1, 0.15) is 22.3 Å². The second kappa shape index (κ2) is 10.6. The van der Waals surface area contributed by atoms with Crippen molar-refractivity contribution in [3.05, 3.63) is 96.8 Å². The zero-order valence-corrected chi connectivity index (χ0v) is 20.9. The summed E-state index contributed by atoms with van der Waals surface area (Å²) in [5.74, 6) is 1.50. The fourth-order valence-corrected chi connectivity index (χ4v) is 4.77. The van der Waals surface area contributed by atoms with Gasteiger partial charge in [-0.2, -0.15) is 0 Å². The number of benzene rings is 3. The largest absolute Gasteiger partial charge is 0.495 e. The summed E-state index contributed by atoms with van der Waals surface area (Å²) in [6.45, 7) is 0. The number of furan rings is 1. The van der Waals surface area contributed by atoms with E-state index in [1.807, 2.05) is 78.9 Å². The van der Waals surface area contributed by atoms with Crippen molar-refractivity contribution in [2.75, 3.05) is 12.4 Å². The molecule has 5 aromatic rings. The summed E-state index contributed by atoms with van der Waals surface area (Å²) in [6, 6.07) is 27.1.